The SMILES string of the molecule is CSCCC(N)C(=O)NC(CS)C(=O)N1CCCC1C(=O)NC(C)C(=O)O. The molecule has 1 rings (SSSR count). The van der Waals surface area contributed by atoms with Crippen LogP contribution in [0, 0.1) is 0 Å². The molecule has 0 saturated carbocycles. The van der Waals surface area contributed by atoms with Crippen LogP contribution in [0.25, 0.3) is 0 Å². The Kier molecular flexibility index (Phi) is 9.95. The Morgan fingerprint density at radius 3 is 2.56 bits per heavy atom. The van der Waals surface area contributed by atoms with Crippen LogP contribution in [-0.4, -0.2) is 82.2 Å². The molecule has 5 N–H and O–H groups in total. The van der Waals surface area contributed by atoms with Crippen molar-refractivity contribution in [3.8, 4) is 0 Å². The van der Waals surface area contributed by atoms with Crippen LogP contribution in [0.5, 0.6) is 0 Å². The molecular formula is C16H28N4O5S2. The number of carbonyl (C=O) groups is 4. The number of hydrogen-bond donors (Lipinski definition) is 5. The van der Waals surface area contributed by atoms with E-state index < -0.39 is 47.9 Å². The molecular weight excluding hydrogens is 392 g/mol. The van der Waals surface area contributed by atoms with Crippen LogP contribution in [0.15, 0.2) is 0 Å². The minimum Gasteiger partial charge on any atom is -0.480 e. The third-order valence-corrected chi connectivity index (χ3v) is 5.34. The topological polar surface area (TPSA) is 142 Å². The quantitative estimate of drug-likeness (QED) is 0.287. The maximum Gasteiger partial charge on any atom is 0.325 e. The number of nitrogens with one attached hydrogen (secondary N) is 2. The molecule has 1 saturated heterocycles. The van der Waals surface area contributed by atoms with E-state index in [-0.39, 0.29) is 5.75 Å². The molecule has 0 bridgehead atoms. The Morgan fingerprint density at radius 1 is 1.33 bits per heavy atom. The predicted octanol–water partition coefficient (Wildman–Crippen LogP) is -0.938. The van der Waals surface area contributed by atoms with Crippen molar-refractivity contribution in [2.24, 2.45) is 5.73 Å². The lowest BCUT2D eigenvalue weighted by atomic mass is 10.1. The molecule has 9 nitrogen and oxygen atoms in total. The zero-order valence-corrected chi connectivity index (χ0v) is 17.2. The summed E-state index contributed by atoms with van der Waals surface area (Å²) < 4.78 is 0. The van der Waals surface area contributed by atoms with E-state index in [2.05, 4.69) is 23.3 Å². The van der Waals surface area contributed by atoms with E-state index in [4.69, 9.17) is 10.8 Å². The number of amides is 3. The summed E-state index contributed by atoms with van der Waals surface area (Å²) >= 11 is 5.71. The molecule has 0 radical (unpaired) electrons. The van der Waals surface area contributed by atoms with E-state index in [1.54, 1.807) is 11.8 Å². The zero-order valence-electron chi connectivity index (χ0n) is 15.5. The summed E-state index contributed by atoms with van der Waals surface area (Å²) in [5, 5.41) is 13.9. The average molecular weight is 421 g/mol. The van der Waals surface area contributed by atoms with Gasteiger partial charge in [-0.15, -0.1) is 0 Å². The van der Waals surface area contributed by atoms with Gasteiger partial charge >= 0.3 is 5.97 Å². The van der Waals surface area contributed by atoms with Gasteiger partial charge < -0.3 is 26.4 Å². The van der Waals surface area contributed by atoms with Gasteiger partial charge in [0, 0.05) is 12.3 Å². The highest BCUT2D eigenvalue weighted by Crippen LogP contribution is 2.19. The lowest BCUT2D eigenvalue weighted by molar-refractivity contribution is -0.144. The van der Waals surface area contributed by atoms with Gasteiger partial charge in [0.15, 0.2) is 0 Å². The lowest BCUT2D eigenvalue weighted by Gasteiger charge is -2.29. The summed E-state index contributed by atoms with van der Waals surface area (Å²) in [6, 6.07) is -3.43. The van der Waals surface area contributed by atoms with Crippen molar-refractivity contribution in [2.45, 2.75) is 50.4 Å². The number of hydrogen-bond acceptors (Lipinski definition) is 7. The molecule has 0 aromatic heterocycles. The monoisotopic (exact) mass is 420 g/mol. The average Bonchev–Trinajstić information content (AvgIpc) is 3.12. The molecule has 1 aliphatic rings. The molecule has 1 fully saturated rings. The molecule has 0 aliphatic carbocycles. The number of aliphatic carboxylic acids is 1. The molecule has 11 heteroatoms. The Balaban J connectivity index is 2.74. The van der Waals surface area contributed by atoms with Crippen LogP contribution in [0.1, 0.15) is 26.2 Å². The van der Waals surface area contributed by atoms with Crippen molar-refractivity contribution in [3.63, 3.8) is 0 Å². The van der Waals surface area contributed by atoms with Gasteiger partial charge in [-0.05, 0) is 38.2 Å². The van der Waals surface area contributed by atoms with E-state index in [1.165, 1.54) is 11.8 Å². The second kappa shape index (κ2) is 11.4. The van der Waals surface area contributed by atoms with Gasteiger partial charge in [-0.25, -0.2) is 0 Å². The van der Waals surface area contributed by atoms with Gasteiger partial charge in [0.05, 0.1) is 6.04 Å². The van der Waals surface area contributed by atoms with Crippen molar-refractivity contribution in [1.29, 1.82) is 0 Å². The first-order chi connectivity index (χ1) is 12.7. The lowest BCUT2D eigenvalue weighted by Crippen LogP contribution is -2.57. The van der Waals surface area contributed by atoms with Gasteiger partial charge in [-0.3, -0.25) is 19.2 Å². The van der Waals surface area contributed by atoms with Gasteiger partial charge in [0.2, 0.25) is 17.7 Å². The molecule has 4 unspecified atom stereocenters. The highest BCUT2D eigenvalue weighted by atomic mass is 32.2. The van der Waals surface area contributed by atoms with Crippen LogP contribution >= 0.6 is 24.4 Å². The highest BCUT2D eigenvalue weighted by molar-refractivity contribution is 7.98. The zero-order chi connectivity index (χ0) is 20.6. The Labute approximate surface area is 168 Å². The van der Waals surface area contributed by atoms with Crippen molar-refractivity contribution >= 4 is 48.1 Å². The third-order valence-electron chi connectivity index (χ3n) is 4.33. The Hall–Kier alpha value is -1.46. The first-order valence-corrected chi connectivity index (χ1v) is 10.7. The largest absolute Gasteiger partial charge is 0.480 e. The normalized spacial score (nSPS) is 19.9. The standard InChI is InChI=1S/C16H28N4O5S2/c1-9(16(24)25)18-14(22)12-4-3-6-20(12)15(23)11(8-26)19-13(21)10(17)5-7-27-2/h9-12,26H,3-8,17H2,1-2H3,(H,18,22)(H,19,21)(H,24,25). The Bertz CT molecular complexity index is 563. The number of carbonyl (C=O) groups excluding carboxylic acids is 3. The van der Waals surface area contributed by atoms with Crippen molar-refractivity contribution in [1.82, 2.24) is 15.5 Å². The molecule has 0 aromatic carbocycles. The van der Waals surface area contributed by atoms with Crippen molar-refractivity contribution in [3.05, 3.63) is 0 Å². The van der Waals surface area contributed by atoms with Gasteiger partial charge in [0.25, 0.3) is 0 Å². The molecule has 1 aliphatic heterocycles. The Morgan fingerprint density at radius 2 is 2.00 bits per heavy atom. The second-order valence-electron chi connectivity index (χ2n) is 6.39. The van der Waals surface area contributed by atoms with E-state index in [1.807, 2.05) is 6.26 Å². The van der Waals surface area contributed by atoms with Gasteiger partial charge in [-0.1, -0.05) is 0 Å². The van der Waals surface area contributed by atoms with Crippen molar-refractivity contribution < 1.29 is 24.3 Å². The fourth-order valence-corrected chi connectivity index (χ4v) is 3.45. The van der Waals surface area contributed by atoms with Crippen LogP contribution in [0.3, 0.4) is 0 Å². The molecule has 27 heavy (non-hydrogen) atoms. The van der Waals surface area contributed by atoms with E-state index in [0.29, 0.717) is 25.8 Å². The number of carboxylic acid groups (broad SMARTS) is 1. The van der Waals surface area contributed by atoms with E-state index in [0.717, 1.165) is 5.75 Å². The summed E-state index contributed by atoms with van der Waals surface area (Å²) in [6.45, 7) is 1.71. The van der Waals surface area contributed by atoms with E-state index >= 15 is 0 Å². The minimum absolute atomic E-state index is 0.0657. The van der Waals surface area contributed by atoms with Gasteiger partial charge in [-0.2, -0.15) is 24.4 Å². The summed E-state index contributed by atoms with van der Waals surface area (Å²) in [5.74, 6) is -1.73. The fraction of sp³-hybridized carbons (Fsp3) is 0.750. The first kappa shape index (κ1) is 23.6. The molecule has 0 spiro atoms. The van der Waals surface area contributed by atoms with Crippen LogP contribution in [-0.2, 0) is 19.2 Å². The van der Waals surface area contributed by atoms with Gasteiger partial charge in [0.1, 0.15) is 18.1 Å². The summed E-state index contributed by atoms with van der Waals surface area (Å²) in [6.07, 6.45) is 3.45. The third kappa shape index (κ3) is 6.89. The predicted molar refractivity (Wildman–Crippen MR) is 107 cm³/mol. The number of rotatable bonds is 10. The minimum atomic E-state index is -1.15. The molecule has 0 aromatic rings. The number of thioether (sulfide) groups is 1. The van der Waals surface area contributed by atoms with Crippen LogP contribution in [0.2, 0.25) is 0 Å². The summed E-state index contributed by atoms with van der Waals surface area (Å²) in [5.41, 5.74) is 5.82. The number of nitrogens with two attached hydrogens (primary N) is 1. The maximum atomic E-state index is 12.8. The van der Waals surface area contributed by atoms with Crippen molar-refractivity contribution in [2.75, 3.05) is 24.3 Å². The first-order valence-electron chi connectivity index (χ1n) is 8.72. The van der Waals surface area contributed by atoms with E-state index in [9.17, 15) is 19.2 Å². The number of nitrogens with zero attached hydrogens (tertiary/aromatic N) is 1. The van der Waals surface area contributed by atoms with Crippen LogP contribution in [0.4, 0.5) is 0 Å². The molecule has 3 amide bonds. The summed E-state index contributed by atoms with van der Waals surface area (Å²) in [7, 11) is 0. The number of thiol groups is 1. The summed E-state index contributed by atoms with van der Waals surface area (Å²) in [4.78, 5) is 49.6. The molecule has 154 valence electrons. The molecule has 4 atom stereocenters. The number of carboxylic acids is 1. The smallest absolute Gasteiger partial charge is 0.325 e. The fourth-order valence-electron chi connectivity index (χ4n) is 2.71. The second-order valence-corrected chi connectivity index (χ2v) is 7.74. The maximum absolute atomic E-state index is 12.8. The van der Waals surface area contributed by atoms with Crippen LogP contribution < -0.4 is 16.4 Å². The number of likely N-dealkylation sites (tertiary alicyclic amines) is 1. The molecule has 1 heterocycles. The highest BCUT2D eigenvalue weighted by Gasteiger charge is 2.38.